The molecule has 1 aromatic heterocycles. The van der Waals surface area contributed by atoms with Gasteiger partial charge in [-0.3, -0.25) is 0 Å². The summed E-state index contributed by atoms with van der Waals surface area (Å²) in [6, 6.07) is 3.98. The van der Waals surface area contributed by atoms with E-state index in [0.717, 1.165) is 22.3 Å². The highest BCUT2D eigenvalue weighted by Gasteiger charge is 2.23. The van der Waals surface area contributed by atoms with Gasteiger partial charge in [0.25, 0.3) is 0 Å². The lowest BCUT2D eigenvalue weighted by Crippen LogP contribution is -1.96. The second-order valence-electron chi connectivity index (χ2n) is 4.25. The molecule has 1 aromatic carbocycles. The van der Waals surface area contributed by atoms with Crippen LogP contribution in [-0.2, 0) is 0 Å². The van der Waals surface area contributed by atoms with Gasteiger partial charge in [0, 0.05) is 5.56 Å². The quantitative estimate of drug-likeness (QED) is 0.901. The Labute approximate surface area is 109 Å². The van der Waals surface area contributed by atoms with E-state index in [4.69, 9.17) is 21.2 Å². The summed E-state index contributed by atoms with van der Waals surface area (Å²) in [5.41, 5.74) is 3.62. The molecule has 1 N–H and O–H groups in total. The maximum Gasteiger partial charge on any atom is 0.359 e. The van der Waals surface area contributed by atoms with Gasteiger partial charge in [-0.15, -0.1) is 0 Å². The number of aromatic nitrogens is 1. The van der Waals surface area contributed by atoms with Crippen LogP contribution in [0.1, 0.15) is 27.2 Å². The lowest BCUT2D eigenvalue weighted by Gasteiger charge is -2.08. The number of hydrogen-bond donors (Lipinski definition) is 1. The van der Waals surface area contributed by atoms with E-state index in [1.165, 1.54) is 0 Å². The first-order valence-electron chi connectivity index (χ1n) is 5.38. The van der Waals surface area contributed by atoms with Crippen LogP contribution in [0.15, 0.2) is 16.7 Å². The van der Waals surface area contributed by atoms with Crippen LogP contribution in [0.2, 0.25) is 5.02 Å². The second-order valence-corrected chi connectivity index (χ2v) is 4.63. The number of nitrogens with zero attached hydrogens (tertiary/aromatic N) is 1. The van der Waals surface area contributed by atoms with E-state index in [0.29, 0.717) is 5.76 Å². The molecule has 0 unspecified atom stereocenters. The van der Waals surface area contributed by atoms with E-state index in [2.05, 4.69) is 5.16 Å². The lowest BCUT2D eigenvalue weighted by atomic mass is 9.98. The minimum atomic E-state index is -1.20. The average molecular weight is 266 g/mol. The van der Waals surface area contributed by atoms with Crippen molar-refractivity contribution in [2.75, 3.05) is 0 Å². The SMILES string of the molecule is Cc1cc(C)c(-c2onc(C(=O)O)c2Cl)c(C)c1. The van der Waals surface area contributed by atoms with Gasteiger partial charge in [-0.2, -0.15) is 0 Å². The summed E-state index contributed by atoms with van der Waals surface area (Å²) in [6.45, 7) is 5.84. The van der Waals surface area contributed by atoms with Crippen molar-refractivity contribution < 1.29 is 14.4 Å². The van der Waals surface area contributed by atoms with Crippen molar-refractivity contribution in [2.45, 2.75) is 20.8 Å². The van der Waals surface area contributed by atoms with Crippen LogP contribution in [0.25, 0.3) is 11.3 Å². The first-order chi connectivity index (χ1) is 8.41. The fourth-order valence-corrected chi connectivity index (χ4v) is 2.35. The molecule has 2 aromatic rings. The Bertz CT molecular complexity index is 608. The number of carboxylic acid groups (broad SMARTS) is 1. The molecule has 0 atom stereocenters. The second kappa shape index (κ2) is 4.46. The van der Waals surface area contributed by atoms with Gasteiger partial charge in [0.15, 0.2) is 5.76 Å². The molecule has 94 valence electrons. The molecule has 18 heavy (non-hydrogen) atoms. The fourth-order valence-electron chi connectivity index (χ4n) is 2.11. The largest absolute Gasteiger partial charge is 0.476 e. The molecule has 0 aliphatic rings. The predicted octanol–water partition coefficient (Wildman–Crippen LogP) is 3.62. The van der Waals surface area contributed by atoms with Gasteiger partial charge in [-0.25, -0.2) is 4.79 Å². The summed E-state index contributed by atoms with van der Waals surface area (Å²) in [4.78, 5) is 10.9. The summed E-state index contributed by atoms with van der Waals surface area (Å²) in [6.07, 6.45) is 0. The molecule has 0 spiro atoms. The van der Waals surface area contributed by atoms with Crippen LogP contribution in [0.3, 0.4) is 0 Å². The topological polar surface area (TPSA) is 63.3 Å². The molecular formula is C13H12ClNO3. The Morgan fingerprint density at radius 2 is 1.83 bits per heavy atom. The minimum Gasteiger partial charge on any atom is -0.476 e. The van der Waals surface area contributed by atoms with Crippen molar-refractivity contribution in [2.24, 2.45) is 0 Å². The molecule has 0 radical (unpaired) electrons. The smallest absolute Gasteiger partial charge is 0.359 e. The summed E-state index contributed by atoms with van der Waals surface area (Å²) in [5, 5.41) is 12.4. The summed E-state index contributed by atoms with van der Waals surface area (Å²) in [7, 11) is 0. The number of rotatable bonds is 2. The molecule has 1 heterocycles. The summed E-state index contributed by atoms with van der Waals surface area (Å²) in [5.74, 6) is -0.888. The van der Waals surface area contributed by atoms with E-state index in [1.807, 2.05) is 32.9 Å². The van der Waals surface area contributed by atoms with Crippen molar-refractivity contribution in [3.63, 3.8) is 0 Å². The number of aryl methyl sites for hydroxylation is 3. The Morgan fingerprint density at radius 3 is 2.28 bits per heavy atom. The summed E-state index contributed by atoms with van der Waals surface area (Å²) >= 11 is 6.00. The van der Waals surface area contributed by atoms with E-state index in [1.54, 1.807) is 0 Å². The number of halogens is 1. The maximum absolute atomic E-state index is 10.9. The van der Waals surface area contributed by atoms with Gasteiger partial charge in [0.05, 0.1) is 0 Å². The molecule has 0 amide bonds. The van der Waals surface area contributed by atoms with E-state index in [-0.39, 0.29) is 10.7 Å². The van der Waals surface area contributed by atoms with Crippen LogP contribution < -0.4 is 0 Å². The van der Waals surface area contributed by atoms with Crippen LogP contribution in [0.4, 0.5) is 0 Å². The average Bonchev–Trinajstić information content (AvgIpc) is 2.59. The molecule has 0 aliphatic heterocycles. The van der Waals surface area contributed by atoms with Crippen LogP contribution in [0, 0.1) is 20.8 Å². The predicted molar refractivity (Wildman–Crippen MR) is 68.1 cm³/mol. The van der Waals surface area contributed by atoms with Crippen LogP contribution >= 0.6 is 11.6 Å². The van der Waals surface area contributed by atoms with Gasteiger partial charge < -0.3 is 9.63 Å². The van der Waals surface area contributed by atoms with Crippen LogP contribution in [0.5, 0.6) is 0 Å². The standard InChI is InChI=1S/C13H12ClNO3/c1-6-4-7(2)9(8(3)5-6)12-10(14)11(13(16)17)15-18-12/h4-5H,1-3H3,(H,16,17). The number of hydrogen-bond acceptors (Lipinski definition) is 3. The van der Waals surface area contributed by atoms with Crippen molar-refractivity contribution in [1.29, 1.82) is 0 Å². The first-order valence-corrected chi connectivity index (χ1v) is 5.76. The van der Waals surface area contributed by atoms with Crippen molar-refractivity contribution in [3.8, 4) is 11.3 Å². The van der Waals surface area contributed by atoms with Crippen molar-refractivity contribution >= 4 is 17.6 Å². The minimum absolute atomic E-state index is 0.0394. The Morgan fingerprint density at radius 1 is 1.28 bits per heavy atom. The summed E-state index contributed by atoms with van der Waals surface area (Å²) < 4.78 is 5.08. The van der Waals surface area contributed by atoms with Crippen molar-refractivity contribution in [3.05, 3.63) is 39.5 Å². The molecule has 5 heteroatoms. The van der Waals surface area contributed by atoms with E-state index >= 15 is 0 Å². The van der Waals surface area contributed by atoms with E-state index < -0.39 is 5.97 Å². The zero-order valence-electron chi connectivity index (χ0n) is 10.2. The number of benzene rings is 1. The van der Waals surface area contributed by atoms with Gasteiger partial charge >= 0.3 is 5.97 Å². The Balaban J connectivity index is 2.67. The van der Waals surface area contributed by atoms with Crippen molar-refractivity contribution in [1.82, 2.24) is 5.16 Å². The van der Waals surface area contributed by atoms with Crippen LogP contribution in [-0.4, -0.2) is 16.2 Å². The third kappa shape index (κ3) is 1.99. The third-order valence-corrected chi connectivity index (χ3v) is 3.09. The highest BCUT2D eigenvalue weighted by atomic mass is 35.5. The Kier molecular flexibility index (Phi) is 3.13. The number of aromatic carboxylic acids is 1. The number of carbonyl (C=O) groups is 1. The van der Waals surface area contributed by atoms with Gasteiger partial charge in [0.1, 0.15) is 5.02 Å². The maximum atomic E-state index is 10.9. The normalized spacial score (nSPS) is 10.7. The third-order valence-electron chi connectivity index (χ3n) is 2.74. The first kappa shape index (κ1) is 12.6. The van der Waals surface area contributed by atoms with Gasteiger partial charge in [-0.05, 0) is 31.9 Å². The Hall–Kier alpha value is -1.81. The molecule has 0 saturated heterocycles. The molecule has 0 saturated carbocycles. The molecule has 2 rings (SSSR count). The highest BCUT2D eigenvalue weighted by Crippen LogP contribution is 2.35. The monoisotopic (exact) mass is 265 g/mol. The zero-order valence-corrected chi connectivity index (χ0v) is 11.0. The molecular weight excluding hydrogens is 254 g/mol. The zero-order chi connectivity index (χ0) is 13.4. The molecule has 4 nitrogen and oxygen atoms in total. The molecule has 0 aliphatic carbocycles. The van der Waals surface area contributed by atoms with Gasteiger partial charge in [-0.1, -0.05) is 34.5 Å². The molecule has 0 bridgehead atoms. The van der Waals surface area contributed by atoms with E-state index in [9.17, 15) is 4.79 Å². The number of carboxylic acids is 1. The lowest BCUT2D eigenvalue weighted by molar-refractivity contribution is 0.0686. The van der Waals surface area contributed by atoms with Gasteiger partial charge in [0.2, 0.25) is 5.69 Å². The highest BCUT2D eigenvalue weighted by molar-refractivity contribution is 6.35. The molecule has 0 fully saturated rings. The fraction of sp³-hybridized carbons (Fsp3) is 0.231.